The Bertz CT molecular complexity index is 501. The summed E-state index contributed by atoms with van der Waals surface area (Å²) in [6, 6.07) is 10.5. The predicted octanol–water partition coefficient (Wildman–Crippen LogP) is 3.62. The quantitative estimate of drug-likeness (QED) is 0.864. The van der Waals surface area contributed by atoms with Gasteiger partial charge in [0.05, 0.1) is 11.9 Å². The van der Waals surface area contributed by atoms with Crippen molar-refractivity contribution in [1.82, 2.24) is 4.98 Å². The maximum atomic E-state index is 4.27. The number of aromatic nitrogens is 1. The van der Waals surface area contributed by atoms with E-state index in [1.165, 1.54) is 16.7 Å². The first-order valence-corrected chi connectivity index (χ1v) is 5.88. The van der Waals surface area contributed by atoms with E-state index in [9.17, 15) is 0 Å². The molecule has 88 valence electrons. The van der Waals surface area contributed by atoms with E-state index in [0.29, 0.717) is 0 Å². The van der Waals surface area contributed by atoms with Crippen molar-refractivity contribution in [3.05, 3.63) is 58.9 Å². The Kier molecular flexibility index (Phi) is 3.43. The average molecular weight is 226 g/mol. The summed E-state index contributed by atoms with van der Waals surface area (Å²) in [6.07, 6.45) is 1.88. The summed E-state index contributed by atoms with van der Waals surface area (Å²) in [7, 11) is 0. The van der Waals surface area contributed by atoms with E-state index in [1.807, 2.05) is 19.2 Å². The number of hydrogen-bond acceptors (Lipinski definition) is 2. The zero-order chi connectivity index (χ0) is 12.3. The molecular formula is C15H18N2. The molecule has 1 aromatic carbocycles. The fraction of sp³-hybridized carbons (Fsp3) is 0.267. The van der Waals surface area contributed by atoms with Crippen LogP contribution in [0.5, 0.6) is 0 Å². The van der Waals surface area contributed by atoms with Crippen LogP contribution in [0.3, 0.4) is 0 Å². The van der Waals surface area contributed by atoms with Gasteiger partial charge in [-0.3, -0.25) is 4.98 Å². The van der Waals surface area contributed by atoms with Gasteiger partial charge < -0.3 is 5.32 Å². The van der Waals surface area contributed by atoms with Crippen LogP contribution in [0.4, 0.5) is 5.69 Å². The number of hydrogen-bond donors (Lipinski definition) is 1. The van der Waals surface area contributed by atoms with Gasteiger partial charge in [-0.05, 0) is 49.6 Å². The van der Waals surface area contributed by atoms with Crippen molar-refractivity contribution in [3.63, 3.8) is 0 Å². The summed E-state index contributed by atoms with van der Waals surface area (Å²) in [5, 5.41) is 3.39. The van der Waals surface area contributed by atoms with Crippen LogP contribution in [-0.2, 0) is 6.54 Å². The first-order valence-electron chi connectivity index (χ1n) is 5.88. The molecular weight excluding hydrogens is 208 g/mol. The van der Waals surface area contributed by atoms with Crippen LogP contribution in [0, 0.1) is 20.8 Å². The molecule has 0 spiro atoms. The van der Waals surface area contributed by atoms with Gasteiger partial charge in [-0.15, -0.1) is 0 Å². The minimum absolute atomic E-state index is 0.845. The first-order chi connectivity index (χ1) is 8.16. The molecule has 0 unspecified atom stereocenters. The van der Waals surface area contributed by atoms with E-state index in [4.69, 9.17) is 0 Å². The molecule has 1 N–H and O–H groups in total. The van der Waals surface area contributed by atoms with Crippen molar-refractivity contribution in [1.29, 1.82) is 0 Å². The molecule has 0 saturated carbocycles. The minimum Gasteiger partial charge on any atom is -0.380 e. The van der Waals surface area contributed by atoms with Crippen LogP contribution in [0.15, 0.2) is 36.5 Å². The molecule has 17 heavy (non-hydrogen) atoms. The lowest BCUT2D eigenvalue weighted by Gasteiger charge is -2.10. The van der Waals surface area contributed by atoms with Gasteiger partial charge in [0.15, 0.2) is 0 Å². The van der Waals surface area contributed by atoms with Crippen LogP contribution >= 0.6 is 0 Å². The Balaban J connectivity index is 2.07. The minimum atomic E-state index is 0.845. The van der Waals surface area contributed by atoms with E-state index < -0.39 is 0 Å². The lowest BCUT2D eigenvalue weighted by atomic mass is 10.0. The smallest absolute Gasteiger partial charge is 0.0529 e. The Hall–Kier alpha value is -1.83. The average Bonchev–Trinajstić information content (AvgIpc) is 2.33. The maximum Gasteiger partial charge on any atom is 0.0529 e. The van der Waals surface area contributed by atoms with E-state index in [-0.39, 0.29) is 0 Å². The van der Waals surface area contributed by atoms with Crippen molar-refractivity contribution in [2.75, 3.05) is 5.32 Å². The molecule has 2 heteroatoms. The van der Waals surface area contributed by atoms with E-state index in [0.717, 1.165) is 17.9 Å². The zero-order valence-corrected chi connectivity index (χ0v) is 10.6. The third-order valence-corrected chi connectivity index (χ3v) is 3.11. The van der Waals surface area contributed by atoms with Crippen molar-refractivity contribution < 1.29 is 0 Å². The van der Waals surface area contributed by atoms with Crippen LogP contribution in [0.2, 0.25) is 0 Å². The molecule has 2 aromatic rings. The van der Waals surface area contributed by atoms with Gasteiger partial charge in [0.25, 0.3) is 0 Å². The summed E-state index contributed by atoms with van der Waals surface area (Å²) in [5.41, 5.74) is 6.15. The maximum absolute atomic E-state index is 4.27. The second-order valence-electron chi connectivity index (χ2n) is 4.40. The second kappa shape index (κ2) is 5.00. The SMILES string of the molecule is Cc1ccc(NCc2cccc(C)c2C)cn1. The van der Waals surface area contributed by atoms with Crippen molar-refractivity contribution in [2.45, 2.75) is 27.3 Å². The summed E-state index contributed by atoms with van der Waals surface area (Å²) < 4.78 is 0. The number of pyridine rings is 1. The molecule has 0 bridgehead atoms. The molecule has 2 rings (SSSR count). The van der Waals surface area contributed by atoms with Gasteiger partial charge in [-0.1, -0.05) is 18.2 Å². The molecule has 0 aliphatic rings. The molecule has 2 nitrogen and oxygen atoms in total. The van der Waals surface area contributed by atoms with Crippen molar-refractivity contribution in [2.24, 2.45) is 0 Å². The topological polar surface area (TPSA) is 24.9 Å². The number of rotatable bonds is 3. The number of aryl methyl sites for hydroxylation is 2. The number of anilines is 1. The van der Waals surface area contributed by atoms with Crippen LogP contribution in [0.25, 0.3) is 0 Å². The van der Waals surface area contributed by atoms with Gasteiger partial charge in [0, 0.05) is 12.2 Å². The van der Waals surface area contributed by atoms with Gasteiger partial charge in [-0.2, -0.15) is 0 Å². The molecule has 1 aromatic heterocycles. The zero-order valence-electron chi connectivity index (χ0n) is 10.6. The van der Waals surface area contributed by atoms with Gasteiger partial charge in [0.1, 0.15) is 0 Å². The largest absolute Gasteiger partial charge is 0.380 e. The molecule has 0 aliphatic carbocycles. The summed E-state index contributed by atoms with van der Waals surface area (Å²) in [5.74, 6) is 0. The Morgan fingerprint density at radius 1 is 1.06 bits per heavy atom. The number of nitrogens with one attached hydrogen (secondary N) is 1. The Morgan fingerprint density at radius 3 is 2.59 bits per heavy atom. The van der Waals surface area contributed by atoms with Gasteiger partial charge in [0.2, 0.25) is 0 Å². The molecule has 0 atom stereocenters. The van der Waals surface area contributed by atoms with Crippen LogP contribution in [-0.4, -0.2) is 4.98 Å². The van der Waals surface area contributed by atoms with E-state index >= 15 is 0 Å². The molecule has 0 amide bonds. The lowest BCUT2D eigenvalue weighted by molar-refractivity contribution is 1.09. The lowest BCUT2D eigenvalue weighted by Crippen LogP contribution is -2.02. The molecule has 1 heterocycles. The van der Waals surface area contributed by atoms with Gasteiger partial charge >= 0.3 is 0 Å². The standard InChI is InChI=1S/C15H18N2/c1-11-5-4-6-14(13(11)3)9-17-15-8-7-12(2)16-10-15/h4-8,10,17H,9H2,1-3H3. The highest BCUT2D eigenvalue weighted by Gasteiger charge is 2.00. The summed E-state index contributed by atoms with van der Waals surface area (Å²) in [4.78, 5) is 4.27. The monoisotopic (exact) mass is 226 g/mol. The normalized spacial score (nSPS) is 10.3. The Morgan fingerprint density at radius 2 is 1.88 bits per heavy atom. The molecule has 0 saturated heterocycles. The van der Waals surface area contributed by atoms with Crippen LogP contribution < -0.4 is 5.32 Å². The highest BCUT2D eigenvalue weighted by molar-refractivity contribution is 5.43. The highest BCUT2D eigenvalue weighted by atomic mass is 14.9. The van der Waals surface area contributed by atoms with E-state index in [2.05, 4.69) is 48.4 Å². The number of nitrogens with zero attached hydrogens (tertiary/aromatic N) is 1. The summed E-state index contributed by atoms with van der Waals surface area (Å²) >= 11 is 0. The first kappa shape index (κ1) is 11.6. The van der Waals surface area contributed by atoms with Crippen molar-refractivity contribution >= 4 is 5.69 Å². The summed E-state index contributed by atoms with van der Waals surface area (Å²) in [6.45, 7) is 7.15. The molecule has 0 radical (unpaired) electrons. The molecule has 0 fully saturated rings. The predicted molar refractivity (Wildman–Crippen MR) is 72.2 cm³/mol. The third-order valence-electron chi connectivity index (χ3n) is 3.11. The fourth-order valence-electron chi connectivity index (χ4n) is 1.77. The molecule has 0 aliphatic heterocycles. The Labute approximate surface area is 103 Å². The van der Waals surface area contributed by atoms with Gasteiger partial charge in [-0.25, -0.2) is 0 Å². The van der Waals surface area contributed by atoms with Crippen LogP contribution in [0.1, 0.15) is 22.4 Å². The second-order valence-corrected chi connectivity index (χ2v) is 4.40. The number of benzene rings is 1. The highest BCUT2D eigenvalue weighted by Crippen LogP contribution is 2.14. The fourth-order valence-corrected chi connectivity index (χ4v) is 1.77. The van der Waals surface area contributed by atoms with E-state index in [1.54, 1.807) is 0 Å². The third kappa shape index (κ3) is 2.84. The van der Waals surface area contributed by atoms with Crippen molar-refractivity contribution in [3.8, 4) is 0 Å².